The number of carbonyl (C=O) groups excluding carboxylic acids is 1. The number of nitrogen functional groups attached to an aromatic ring is 1. The summed E-state index contributed by atoms with van der Waals surface area (Å²) in [6.45, 7) is 5.54. The number of halogens is 1. The molecular formula is C16H21FN2O2. The van der Waals surface area contributed by atoms with Crippen molar-refractivity contribution in [3.8, 4) is 6.07 Å². The highest BCUT2D eigenvalue weighted by Crippen LogP contribution is 2.22. The molecule has 0 heterocycles. The molecule has 1 aromatic rings. The Morgan fingerprint density at radius 1 is 1.43 bits per heavy atom. The number of carbonyl (C=O) groups is 1. The molecular weight excluding hydrogens is 271 g/mol. The molecule has 0 aliphatic carbocycles. The minimum absolute atomic E-state index is 0.118. The normalized spacial score (nSPS) is 11.0. The van der Waals surface area contributed by atoms with Crippen LogP contribution in [0.4, 0.5) is 10.1 Å². The standard InChI is InChI=1S/C16H21FN2O2/c1-11-13(17)8-12(9-14(11)19)15(20)21-7-5-4-6-16(2,3)10-18/h8-9H,4-7,19H2,1-3H3. The number of unbranched alkanes of at least 4 members (excludes halogenated alkanes) is 1. The third-order valence-corrected chi connectivity index (χ3v) is 3.35. The summed E-state index contributed by atoms with van der Waals surface area (Å²) >= 11 is 0. The Morgan fingerprint density at radius 3 is 2.67 bits per heavy atom. The first-order chi connectivity index (χ1) is 9.76. The molecule has 1 aromatic carbocycles. The van der Waals surface area contributed by atoms with Gasteiger partial charge in [-0.05, 0) is 52.2 Å². The van der Waals surface area contributed by atoms with E-state index < -0.39 is 11.8 Å². The first-order valence-corrected chi connectivity index (χ1v) is 6.91. The summed E-state index contributed by atoms with van der Waals surface area (Å²) in [7, 11) is 0. The fourth-order valence-corrected chi connectivity index (χ4v) is 1.79. The predicted molar refractivity (Wildman–Crippen MR) is 79.1 cm³/mol. The summed E-state index contributed by atoms with van der Waals surface area (Å²) in [5, 5.41) is 8.88. The van der Waals surface area contributed by atoms with E-state index in [-0.39, 0.29) is 23.3 Å². The summed E-state index contributed by atoms with van der Waals surface area (Å²) in [6.07, 6.45) is 2.20. The van der Waals surface area contributed by atoms with Crippen molar-refractivity contribution < 1.29 is 13.9 Å². The van der Waals surface area contributed by atoms with Crippen LogP contribution >= 0.6 is 0 Å². The lowest BCUT2D eigenvalue weighted by Gasteiger charge is -2.14. The Bertz CT molecular complexity index is 539. The van der Waals surface area contributed by atoms with Crippen molar-refractivity contribution in [3.05, 3.63) is 29.1 Å². The second-order valence-electron chi connectivity index (χ2n) is 5.76. The summed E-state index contributed by atoms with van der Waals surface area (Å²) in [5.41, 5.74) is 5.93. The molecule has 0 spiro atoms. The highest BCUT2D eigenvalue weighted by atomic mass is 19.1. The maximum atomic E-state index is 13.5. The zero-order valence-corrected chi connectivity index (χ0v) is 12.7. The number of anilines is 1. The van der Waals surface area contributed by atoms with E-state index in [4.69, 9.17) is 15.7 Å². The molecule has 0 saturated heterocycles. The van der Waals surface area contributed by atoms with E-state index in [9.17, 15) is 9.18 Å². The largest absolute Gasteiger partial charge is 0.462 e. The van der Waals surface area contributed by atoms with Crippen LogP contribution in [0.25, 0.3) is 0 Å². The maximum absolute atomic E-state index is 13.5. The van der Waals surface area contributed by atoms with Gasteiger partial charge in [-0.25, -0.2) is 9.18 Å². The van der Waals surface area contributed by atoms with Crippen molar-refractivity contribution in [3.63, 3.8) is 0 Å². The number of rotatable bonds is 6. The lowest BCUT2D eigenvalue weighted by molar-refractivity contribution is 0.0495. The van der Waals surface area contributed by atoms with Gasteiger partial charge >= 0.3 is 5.97 Å². The van der Waals surface area contributed by atoms with Gasteiger partial charge in [0.1, 0.15) is 5.82 Å². The van der Waals surface area contributed by atoms with Gasteiger partial charge < -0.3 is 10.5 Å². The van der Waals surface area contributed by atoms with Crippen LogP contribution in [-0.4, -0.2) is 12.6 Å². The lowest BCUT2D eigenvalue weighted by atomic mass is 9.89. The summed E-state index contributed by atoms with van der Waals surface area (Å²) in [4.78, 5) is 11.8. The molecule has 5 heteroatoms. The van der Waals surface area contributed by atoms with E-state index in [1.54, 1.807) is 6.92 Å². The minimum atomic E-state index is -0.583. The molecule has 21 heavy (non-hydrogen) atoms. The van der Waals surface area contributed by atoms with Crippen LogP contribution in [0.5, 0.6) is 0 Å². The van der Waals surface area contributed by atoms with Gasteiger partial charge in [0.2, 0.25) is 0 Å². The number of esters is 1. The average molecular weight is 292 g/mol. The molecule has 0 saturated carbocycles. The van der Waals surface area contributed by atoms with Gasteiger partial charge in [-0.15, -0.1) is 0 Å². The fraction of sp³-hybridized carbons (Fsp3) is 0.500. The fourth-order valence-electron chi connectivity index (χ4n) is 1.79. The molecule has 0 aliphatic rings. The van der Waals surface area contributed by atoms with Gasteiger partial charge in [-0.2, -0.15) is 5.26 Å². The molecule has 4 nitrogen and oxygen atoms in total. The van der Waals surface area contributed by atoms with Crippen LogP contribution < -0.4 is 5.73 Å². The zero-order valence-electron chi connectivity index (χ0n) is 12.7. The van der Waals surface area contributed by atoms with Gasteiger partial charge in [-0.1, -0.05) is 0 Å². The van der Waals surface area contributed by atoms with Crippen LogP contribution in [0.2, 0.25) is 0 Å². The summed E-state index contributed by atoms with van der Waals surface area (Å²) in [5.74, 6) is -1.10. The molecule has 0 aromatic heterocycles. The van der Waals surface area contributed by atoms with E-state index in [2.05, 4.69) is 6.07 Å². The van der Waals surface area contributed by atoms with Crippen LogP contribution in [0.15, 0.2) is 12.1 Å². The lowest BCUT2D eigenvalue weighted by Crippen LogP contribution is -2.10. The van der Waals surface area contributed by atoms with Crippen molar-refractivity contribution >= 4 is 11.7 Å². The minimum Gasteiger partial charge on any atom is -0.462 e. The number of hydrogen-bond acceptors (Lipinski definition) is 4. The molecule has 0 amide bonds. The SMILES string of the molecule is Cc1c(N)cc(C(=O)OCCCCC(C)(C)C#N)cc1F. The van der Waals surface area contributed by atoms with Crippen molar-refractivity contribution in [2.45, 2.75) is 40.0 Å². The van der Waals surface area contributed by atoms with E-state index >= 15 is 0 Å². The quantitative estimate of drug-likeness (QED) is 0.494. The van der Waals surface area contributed by atoms with Crippen molar-refractivity contribution in [2.75, 3.05) is 12.3 Å². The third-order valence-electron chi connectivity index (χ3n) is 3.35. The van der Waals surface area contributed by atoms with E-state index in [0.717, 1.165) is 18.9 Å². The van der Waals surface area contributed by atoms with Crippen molar-refractivity contribution in [2.24, 2.45) is 5.41 Å². The van der Waals surface area contributed by atoms with Crippen LogP contribution in [-0.2, 0) is 4.74 Å². The van der Waals surface area contributed by atoms with Gasteiger partial charge in [0, 0.05) is 11.3 Å². The summed E-state index contributed by atoms with van der Waals surface area (Å²) < 4.78 is 18.6. The van der Waals surface area contributed by atoms with Gasteiger partial charge in [0.05, 0.1) is 23.7 Å². The Kier molecular flexibility index (Phi) is 5.71. The topological polar surface area (TPSA) is 76.1 Å². The monoisotopic (exact) mass is 292 g/mol. The highest BCUT2D eigenvalue weighted by Gasteiger charge is 2.16. The second-order valence-corrected chi connectivity index (χ2v) is 5.76. The maximum Gasteiger partial charge on any atom is 0.338 e. The van der Waals surface area contributed by atoms with Gasteiger partial charge in [0.25, 0.3) is 0 Å². The smallest absolute Gasteiger partial charge is 0.338 e. The second kappa shape index (κ2) is 7.07. The summed E-state index contributed by atoms with van der Waals surface area (Å²) in [6, 6.07) is 4.77. The van der Waals surface area contributed by atoms with Crippen LogP contribution in [0.3, 0.4) is 0 Å². The predicted octanol–water partition coefficient (Wildman–Crippen LogP) is 3.59. The van der Waals surface area contributed by atoms with Crippen LogP contribution in [0.1, 0.15) is 49.0 Å². The van der Waals surface area contributed by atoms with Crippen LogP contribution in [0, 0.1) is 29.5 Å². The molecule has 0 fully saturated rings. The molecule has 0 unspecified atom stereocenters. The Balaban J connectivity index is 2.44. The first-order valence-electron chi connectivity index (χ1n) is 6.91. The van der Waals surface area contributed by atoms with E-state index in [0.29, 0.717) is 12.0 Å². The number of hydrogen-bond donors (Lipinski definition) is 1. The average Bonchev–Trinajstić information content (AvgIpc) is 2.43. The van der Waals surface area contributed by atoms with Crippen molar-refractivity contribution in [1.29, 1.82) is 5.26 Å². The van der Waals surface area contributed by atoms with Crippen molar-refractivity contribution in [1.82, 2.24) is 0 Å². The molecule has 0 bridgehead atoms. The number of nitrogens with zero attached hydrogens (tertiary/aromatic N) is 1. The Labute approximate surface area is 124 Å². The molecule has 0 aliphatic heterocycles. The zero-order chi connectivity index (χ0) is 16.0. The molecule has 1 rings (SSSR count). The Hall–Kier alpha value is -2.09. The molecule has 2 N–H and O–H groups in total. The number of nitriles is 1. The number of nitrogens with two attached hydrogens (primary N) is 1. The molecule has 0 radical (unpaired) electrons. The first kappa shape index (κ1) is 17.0. The molecule has 114 valence electrons. The highest BCUT2D eigenvalue weighted by molar-refractivity contribution is 5.90. The van der Waals surface area contributed by atoms with E-state index in [1.807, 2.05) is 13.8 Å². The number of benzene rings is 1. The van der Waals surface area contributed by atoms with E-state index in [1.165, 1.54) is 6.07 Å². The van der Waals surface area contributed by atoms with Gasteiger partial charge in [-0.3, -0.25) is 0 Å². The molecule has 0 atom stereocenters. The van der Waals surface area contributed by atoms with Gasteiger partial charge in [0.15, 0.2) is 0 Å². The Morgan fingerprint density at radius 2 is 2.10 bits per heavy atom. The number of ether oxygens (including phenoxy) is 1. The third kappa shape index (κ3) is 5.07.